The summed E-state index contributed by atoms with van der Waals surface area (Å²) < 4.78 is 1.28. The number of fused-ring (bicyclic) bond motifs is 1. The predicted molar refractivity (Wildman–Crippen MR) is 99.4 cm³/mol. The van der Waals surface area contributed by atoms with E-state index in [0.29, 0.717) is 17.4 Å². The third-order valence-corrected chi connectivity index (χ3v) is 5.17. The van der Waals surface area contributed by atoms with Gasteiger partial charge in [-0.3, -0.25) is 19.5 Å². The van der Waals surface area contributed by atoms with Gasteiger partial charge in [0, 0.05) is 19.0 Å². The van der Waals surface area contributed by atoms with Crippen molar-refractivity contribution in [1.82, 2.24) is 14.7 Å². The molecule has 2 atom stereocenters. The molecule has 0 aliphatic carbocycles. The number of nitrogens with one attached hydrogen (secondary N) is 1. The van der Waals surface area contributed by atoms with Crippen molar-refractivity contribution in [2.45, 2.75) is 12.5 Å². The highest BCUT2D eigenvalue weighted by molar-refractivity contribution is 5.81. The number of aromatic amines is 1. The van der Waals surface area contributed by atoms with Gasteiger partial charge in [0.2, 0.25) is 5.91 Å². The van der Waals surface area contributed by atoms with Crippen LogP contribution in [-0.4, -0.2) is 44.8 Å². The molecule has 1 saturated heterocycles. The zero-order chi connectivity index (χ0) is 19.0. The van der Waals surface area contributed by atoms with Gasteiger partial charge in [-0.25, -0.2) is 4.68 Å². The van der Waals surface area contributed by atoms with E-state index in [2.05, 4.69) is 5.10 Å². The van der Waals surface area contributed by atoms with Crippen LogP contribution in [0.2, 0.25) is 0 Å². The van der Waals surface area contributed by atoms with Crippen molar-refractivity contribution in [2.24, 2.45) is 5.92 Å². The van der Waals surface area contributed by atoms with Gasteiger partial charge in [-0.1, -0.05) is 42.5 Å². The fraction of sp³-hybridized carbons (Fsp3) is 0.250. The van der Waals surface area contributed by atoms with E-state index >= 15 is 0 Å². The number of nitrogens with zero attached hydrogens (tertiary/aromatic N) is 2. The van der Waals surface area contributed by atoms with Crippen molar-refractivity contribution >= 4 is 22.8 Å². The van der Waals surface area contributed by atoms with Gasteiger partial charge in [-0.2, -0.15) is 0 Å². The molecule has 7 nitrogen and oxygen atoms in total. The van der Waals surface area contributed by atoms with E-state index in [4.69, 9.17) is 0 Å². The lowest BCUT2D eigenvalue weighted by Crippen LogP contribution is -2.35. The number of likely N-dealkylation sites (tertiary alicyclic amines) is 1. The van der Waals surface area contributed by atoms with Gasteiger partial charge in [-0.15, -0.1) is 0 Å². The van der Waals surface area contributed by atoms with Gasteiger partial charge < -0.3 is 10.0 Å². The molecule has 4 rings (SSSR count). The lowest BCUT2D eigenvalue weighted by molar-refractivity contribution is -0.141. The molecule has 1 amide bonds. The first-order valence-electron chi connectivity index (χ1n) is 8.77. The number of H-pyrrole nitrogens is 1. The number of amides is 1. The number of carboxylic acids is 1. The Labute approximate surface area is 154 Å². The molecule has 1 aliphatic rings. The Bertz CT molecular complexity index is 1050. The highest BCUT2D eigenvalue weighted by Crippen LogP contribution is 2.33. The number of carbonyl (C=O) groups is 2. The van der Waals surface area contributed by atoms with Crippen LogP contribution >= 0.6 is 0 Å². The quantitative estimate of drug-likeness (QED) is 0.735. The Balaban J connectivity index is 1.56. The Kier molecular flexibility index (Phi) is 4.27. The number of aromatic nitrogens is 2. The van der Waals surface area contributed by atoms with E-state index in [1.54, 1.807) is 18.2 Å². The van der Waals surface area contributed by atoms with Crippen molar-refractivity contribution in [2.75, 3.05) is 13.1 Å². The lowest BCUT2D eigenvalue weighted by atomic mass is 9.89. The van der Waals surface area contributed by atoms with Crippen molar-refractivity contribution in [1.29, 1.82) is 0 Å². The summed E-state index contributed by atoms with van der Waals surface area (Å²) in [5.74, 6) is -2.10. The molecule has 2 unspecified atom stereocenters. The van der Waals surface area contributed by atoms with Crippen LogP contribution in [0.3, 0.4) is 0 Å². The van der Waals surface area contributed by atoms with E-state index < -0.39 is 11.9 Å². The summed E-state index contributed by atoms with van der Waals surface area (Å²) in [5, 5.41) is 13.0. The van der Waals surface area contributed by atoms with E-state index in [-0.39, 0.29) is 30.5 Å². The van der Waals surface area contributed by atoms with E-state index in [1.165, 1.54) is 9.58 Å². The largest absolute Gasteiger partial charge is 0.481 e. The second-order valence-corrected chi connectivity index (χ2v) is 6.81. The molecule has 0 bridgehead atoms. The fourth-order valence-electron chi connectivity index (χ4n) is 3.75. The minimum atomic E-state index is -0.915. The van der Waals surface area contributed by atoms with Crippen molar-refractivity contribution in [3.63, 3.8) is 0 Å². The number of carbonyl (C=O) groups excluding carboxylic acids is 1. The normalized spacial score (nSPS) is 19.5. The number of hydrogen-bond donors (Lipinski definition) is 2. The number of aliphatic carboxylic acids is 1. The average Bonchev–Trinajstić information content (AvgIpc) is 3.26. The first-order chi connectivity index (χ1) is 13.0. The Hall–Kier alpha value is -3.35. The highest BCUT2D eigenvalue weighted by atomic mass is 16.4. The zero-order valence-corrected chi connectivity index (χ0v) is 14.5. The fourth-order valence-corrected chi connectivity index (χ4v) is 3.75. The highest BCUT2D eigenvalue weighted by Gasteiger charge is 2.40. The van der Waals surface area contributed by atoms with Gasteiger partial charge in [0.05, 0.1) is 16.8 Å². The number of rotatable bonds is 4. The zero-order valence-electron chi connectivity index (χ0n) is 14.5. The average molecular weight is 365 g/mol. The standard InChI is InChI=1S/C20H19N3O4/c24-18(12-23-19(25)14-8-4-5-9-17(14)21-23)22-10-15(16(11-22)20(26)27)13-6-2-1-3-7-13/h1-9,15-16,21H,10-12H2,(H,26,27). The number of benzene rings is 2. The Morgan fingerprint density at radius 2 is 1.74 bits per heavy atom. The molecule has 7 heteroatoms. The van der Waals surface area contributed by atoms with E-state index in [9.17, 15) is 19.5 Å². The molecule has 3 aromatic rings. The Morgan fingerprint density at radius 3 is 2.44 bits per heavy atom. The summed E-state index contributed by atoms with van der Waals surface area (Å²) in [7, 11) is 0. The third-order valence-electron chi connectivity index (χ3n) is 5.17. The molecule has 0 radical (unpaired) electrons. The van der Waals surface area contributed by atoms with Crippen LogP contribution in [0, 0.1) is 5.92 Å². The number of hydrogen-bond acceptors (Lipinski definition) is 3. The molecule has 0 saturated carbocycles. The van der Waals surface area contributed by atoms with Crippen LogP contribution in [0.5, 0.6) is 0 Å². The second-order valence-electron chi connectivity index (χ2n) is 6.81. The molecule has 2 heterocycles. The summed E-state index contributed by atoms with van der Waals surface area (Å²) >= 11 is 0. The van der Waals surface area contributed by atoms with Gasteiger partial charge in [0.15, 0.2) is 0 Å². The van der Waals surface area contributed by atoms with Gasteiger partial charge in [0.25, 0.3) is 5.56 Å². The smallest absolute Gasteiger partial charge is 0.308 e. The number of para-hydroxylation sites is 1. The molecule has 1 aromatic heterocycles. The van der Waals surface area contributed by atoms with Crippen LogP contribution in [-0.2, 0) is 16.1 Å². The molecule has 2 N–H and O–H groups in total. The molecular formula is C20H19N3O4. The molecule has 1 fully saturated rings. The molecule has 0 spiro atoms. The first-order valence-corrected chi connectivity index (χ1v) is 8.77. The molecule has 1 aliphatic heterocycles. The van der Waals surface area contributed by atoms with E-state index in [1.807, 2.05) is 36.4 Å². The Morgan fingerprint density at radius 1 is 1.04 bits per heavy atom. The SMILES string of the molecule is O=C(O)C1CN(C(=O)Cn2[nH]c3ccccc3c2=O)CC1c1ccccc1. The maximum atomic E-state index is 12.7. The molecular weight excluding hydrogens is 346 g/mol. The first kappa shape index (κ1) is 17.1. The summed E-state index contributed by atoms with van der Waals surface area (Å²) in [4.78, 5) is 38.4. The van der Waals surface area contributed by atoms with Crippen LogP contribution in [0.4, 0.5) is 0 Å². The van der Waals surface area contributed by atoms with Gasteiger partial charge in [-0.05, 0) is 17.7 Å². The molecule has 27 heavy (non-hydrogen) atoms. The predicted octanol–water partition coefficient (Wildman–Crippen LogP) is 1.66. The monoisotopic (exact) mass is 365 g/mol. The van der Waals surface area contributed by atoms with Crippen molar-refractivity contribution < 1.29 is 14.7 Å². The van der Waals surface area contributed by atoms with Crippen molar-refractivity contribution in [3.05, 3.63) is 70.5 Å². The molecule has 2 aromatic carbocycles. The van der Waals surface area contributed by atoms with Gasteiger partial charge >= 0.3 is 5.97 Å². The van der Waals surface area contributed by atoms with Crippen LogP contribution in [0.1, 0.15) is 11.5 Å². The third kappa shape index (κ3) is 3.12. The van der Waals surface area contributed by atoms with Gasteiger partial charge in [0.1, 0.15) is 6.54 Å². The van der Waals surface area contributed by atoms with E-state index in [0.717, 1.165) is 5.56 Å². The van der Waals surface area contributed by atoms with Crippen LogP contribution in [0.15, 0.2) is 59.4 Å². The lowest BCUT2D eigenvalue weighted by Gasteiger charge is -2.16. The summed E-state index contributed by atoms with van der Waals surface area (Å²) in [5.41, 5.74) is 1.32. The maximum absolute atomic E-state index is 12.7. The molecule has 138 valence electrons. The minimum absolute atomic E-state index is 0.138. The second kappa shape index (κ2) is 6.75. The topological polar surface area (TPSA) is 95.4 Å². The number of carboxylic acid groups (broad SMARTS) is 1. The summed E-state index contributed by atoms with van der Waals surface area (Å²) in [6.07, 6.45) is 0. The summed E-state index contributed by atoms with van der Waals surface area (Å²) in [6.45, 7) is 0.332. The maximum Gasteiger partial charge on any atom is 0.308 e. The van der Waals surface area contributed by atoms with Crippen LogP contribution < -0.4 is 5.56 Å². The van der Waals surface area contributed by atoms with Crippen molar-refractivity contribution in [3.8, 4) is 0 Å². The van der Waals surface area contributed by atoms with Crippen LogP contribution in [0.25, 0.3) is 10.9 Å². The summed E-state index contributed by atoms with van der Waals surface area (Å²) in [6, 6.07) is 16.4. The minimum Gasteiger partial charge on any atom is -0.481 e.